The highest BCUT2D eigenvalue weighted by molar-refractivity contribution is 7.99. The maximum Gasteiger partial charge on any atom is 0.220 e. The van der Waals surface area contributed by atoms with Crippen molar-refractivity contribution in [3.8, 4) is 10.6 Å². The van der Waals surface area contributed by atoms with Crippen molar-refractivity contribution in [1.82, 2.24) is 24.4 Å². The Morgan fingerprint density at radius 2 is 1.84 bits per heavy atom. The van der Waals surface area contributed by atoms with E-state index < -0.39 is 0 Å². The SMILES string of the molecule is CN(CC1(c2cccc(Cl)c2)CC1CN1CCC(c2nnc(Cc3ccccc3)o2)CC1)Sc1ccc(-c2ccccn2)s1. The van der Waals surface area contributed by atoms with Gasteiger partial charge in [-0.25, -0.2) is 4.31 Å². The molecule has 7 rings (SSSR count). The van der Waals surface area contributed by atoms with Crippen molar-refractivity contribution in [2.45, 2.75) is 41.2 Å². The van der Waals surface area contributed by atoms with Gasteiger partial charge in [0.15, 0.2) is 0 Å². The van der Waals surface area contributed by atoms with Crippen LogP contribution in [0.5, 0.6) is 0 Å². The number of rotatable bonds is 11. The van der Waals surface area contributed by atoms with Gasteiger partial charge in [0.25, 0.3) is 0 Å². The molecular formula is C35H36ClN5OS2. The van der Waals surface area contributed by atoms with Crippen LogP contribution in [0.3, 0.4) is 0 Å². The smallest absolute Gasteiger partial charge is 0.220 e. The fourth-order valence-electron chi connectivity index (χ4n) is 6.60. The van der Waals surface area contributed by atoms with E-state index in [2.05, 4.69) is 80.0 Å². The molecule has 6 nitrogen and oxygen atoms in total. The first-order valence-corrected chi connectivity index (χ1v) is 17.3. The topological polar surface area (TPSA) is 58.3 Å². The number of benzene rings is 2. The van der Waals surface area contributed by atoms with Gasteiger partial charge in [-0.15, -0.1) is 21.5 Å². The second kappa shape index (κ2) is 13.2. The van der Waals surface area contributed by atoms with Gasteiger partial charge >= 0.3 is 0 Å². The summed E-state index contributed by atoms with van der Waals surface area (Å²) in [6, 6.07) is 29.3. The maximum atomic E-state index is 6.51. The molecule has 0 radical (unpaired) electrons. The van der Waals surface area contributed by atoms with Crippen molar-refractivity contribution >= 4 is 34.9 Å². The monoisotopic (exact) mass is 641 g/mol. The highest BCUT2D eigenvalue weighted by Gasteiger charge is 2.56. The van der Waals surface area contributed by atoms with E-state index in [1.165, 1.54) is 26.6 Å². The van der Waals surface area contributed by atoms with Gasteiger partial charge < -0.3 is 9.32 Å². The lowest BCUT2D eigenvalue weighted by Gasteiger charge is -2.32. The largest absolute Gasteiger partial charge is 0.425 e. The molecule has 2 aromatic carbocycles. The average molecular weight is 642 g/mol. The summed E-state index contributed by atoms with van der Waals surface area (Å²) in [6.07, 6.45) is 5.82. The van der Waals surface area contributed by atoms with E-state index in [1.807, 2.05) is 54.5 Å². The van der Waals surface area contributed by atoms with Gasteiger partial charge in [0, 0.05) is 35.6 Å². The molecule has 44 heavy (non-hydrogen) atoms. The molecule has 0 amide bonds. The van der Waals surface area contributed by atoms with Crippen LogP contribution in [0.25, 0.3) is 10.6 Å². The highest BCUT2D eigenvalue weighted by atomic mass is 35.5. The zero-order valence-corrected chi connectivity index (χ0v) is 27.2. The van der Waals surface area contributed by atoms with Crippen molar-refractivity contribution in [2.75, 3.05) is 33.2 Å². The summed E-state index contributed by atoms with van der Waals surface area (Å²) in [5.74, 6) is 2.43. The van der Waals surface area contributed by atoms with Crippen molar-refractivity contribution in [1.29, 1.82) is 0 Å². The second-order valence-corrected chi connectivity index (χ2v) is 15.1. The molecular weight excluding hydrogens is 606 g/mol. The summed E-state index contributed by atoms with van der Waals surface area (Å²) in [5, 5.41) is 9.59. The van der Waals surface area contributed by atoms with Crippen LogP contribution in [-0.2, 0) is 11.8 Å². The number of nitrogens with zero attached hydrogens (tertiary/aromatic N) is 5. The van der Waals surface area contributed by atoms with E-state index in [-0.39, 0.29) is 5.41 Å². The summed E-state index contributed by atoms with van der Waals surface area (Å²) >= 11 is 10.1. The molecule has 1 saturated heterocycles. The number of thiophene rings is 1. The molecule has 0 N–H and O–H groups in total. The Morgan fingerprint density at radius 3 is 2.64 bits per heavy atom. The van der Waals surface area contributed by atoms with Crippen LogP contribution in [0.1, 0.15) is 48.1 Å². The Hall–Kier alpha value is -3.01. The Bertz CT molecular complexity index is 1670. The van der Waals surface area contributed by atoms with Crippen LogP contribution < -0.4 is 0 Å². The molecule has 3 aromatic heterocycles. The van der Waals surface area contributed by atoms with Crippen LogP contribution in [0.15, 0.2) is 99.8 Å². The van der Waals surface area contributed by atoms with Crippen LogP contribution >= 0.6 is 34.9 Å². The second-order valence-electron chi connectivity index (χ2n) is 12.0. The van der Waals surface area contributed by atoms with Gasteiger partial charge in [0.1, 0.15) is 0 Å². The summed E-state index contributed by atoms with van der Waals surface area (Å²) in [6.45, 7) is 4.18. The lowest BCUT2D eigenvalue weighted by Crippen LogP contribution is -2.37. The van der Waals surface area contributed by atoms with Gasteiger partial charge in [0.05, 0.1) is 21.2 Å². The molecule has 4 heterocycles. The molecule has 0 bridgehead atoms. The van der Waals surface area contributed by atoms with E-state index in [9.17, 15) is 0 Å². The van der Waals surface area contributed by atoms with Crippen molar-refractivity contribution < 1.29 is 4.42 Å². The van der Waals surface area contributed by atoms with Crippen LogP contribution in [0.4, 0.5) is 0 Å². The summed E-state index contributed by atoms with van der Waals surface area (Å²) in [7, 11) is 2.22. The maximum absolute atomic E-state index is 6.51. The van der Waals surface area contributed by atoms with Gasteiger partial charge in [-0.05, 0) is 105 Å². The minimum Gasteiger partial charge on any atom is -0.425 e. The average Bonchev–Trinajstić information content (AvgIpc) is 3.34. The van der Waals surface area contributed by atoms with E-state index in [0.717, 1.165) is 55.6 Å². The number of pyridine rings is 1. The number of likely N-dealkylation sites (tertiary alicyclic amines) is 1. The Kier molecular flexibility index (Phi) is 8.87. The third-order valence-corrected chi connectivity index (χ3v) is 11.3. The van der Waals surface area contributed by atoms with E-state index in [4.69, 9.17) is 16.0 Å². The third kappa shape index (κ3) is 6.80. The van der Waals surface area contributed by atoms with Crippen LogP contribution in [-0.4, -0.2) is 57.6 Å². The molecule has 5 aromatic rings. The summed E-state index contributed by atoms with van der Waals surface area (Å²) in [4.78, 5) is 8.36. The zero-order chi connectivity index (χ0) is 29.9. The van der Waals surface area contributed by atoms with Gasteiger partial charge in [-0.1, -0.05) is 60.1 Å². The molecule has 1 saturated carbocycles. The molecule has 2 fully saturated rings. The summed E-state index contributed by atoms with van der Waals surface area (Å²) < 4.78 is 9.80. The van der Waals surface area contributed by atoms with Crippen molar-refractivity contribution in [2.24, 2.45) is 5.92 Å². The van der Waals surface area contributed by atoms with E-state index >= 15 is 0 Å². The lowest BCUT2D eigenvalue weighted by molar-refractivity contribution is 0.186. The minimum atomic E-state index is 0.101. The predicted octanol–water partition coefficient (Wildman–Crippen LogP) is 8.21. The number of aromatic nitrogens is 3. The molecule has 226 valence electrons. The van der Waals surface area contributed by atoms with Crippen LogP contribution in [0, 0.1) is 5.92 Å². The summed E-state index contributed by atoms with van der Waals surface area (Å²) in [5.41, 5.74) is 3.68. The fraction of sp³-hybridized carbons (Fsp3) is 0.343. The third-order valence-electron chi connectivity index (χ3n) is 8.98. The van der Waals surface area contributed by atoms with Crippen LogP contribution in [0.2, 0.25) is 5.02 Å². The first-order chi connectivity index (χ1) is 21.5. The predicted molar refractivity (Wildman–Crippen MR) is 179 cm³/mol. The minimum absolute atomic E-state index is 0.101. The molecule has 2 unspecified atom stereocenters. The van der Waals surface area contributed by atoms with Gasteiger partial charge in [0.2, 0.25) is 11.8 Å². The van der Waals surface area contributed by atoms with Gasteiger partial charge in [-0.3, -0.25) is 4.98 Å². The van der Waals surface area contributed by atoms with Crippen molar-refractivity contribution in [3.05, 3.63) is 119 Å². The molecule has 2 aliphatic rings. The highest BCUT2D eigenvalue weighted by Crippen LogP contribution is 2.56. The first-order valence-electron chi connectivity index (χ1n) is 15.3. The Labute approximate surface area is 272 Å². The first kappa shape index (κ1) is 29.7. The molecule has 1 aliphatic heterocycles. The normalized spacial score (nSPS) is 20.8. The molecule has 0 spiro atoms. The van der Waals surface area contributed by atoms with E-state index in [1.54, 1.807) is 11.3 Å². The quantitative estimate of drug-likeness (QED) is 0.135. The number of piperidine rings is 1. The van der Waals surface area contributed by atoms with Gasteiger partial charge in [-0.2, -0.15) is 0 Å². The van der Waals surface area contributed by atoms with Crippen molar-refractivity contribution in [3.63, 3.8) is 0 Å². The fourth-order valence-corrected chi connectivity index (χ4v) is 9.04. The number of halogens is 1. The molecule has 9 heteroatoms. The standard InChI is InChI=1S/C35H36ClN5OS2/c1-40(44-33-14-13-31(43-33)30-12-5-6-17-37-30)24-35(27-10-7-11-29(36)21-27)22-28(35)23-41-18-15-26(16-19-41)34-39-38-32(42-34)20-25-8-3-2-4-9-25/h2-14,17,21,26,28H,15-16,18-20,22-24H2,1H3. The Balaban J connectivity index is 0.970. The number of hydrogen-bond acceptors (Lipinski definition) is 8. The zero-order valence-electron chi connectivity index (χ0n) is 24.8. The molecule has 1 aliphatic carbocycles. The van der Waals surface area contributed by atoms with E-state index in [0.29, 0.717) is 24.1 Å². The number of hydrogen-bond donors (Lipinski definition) is 0. The lowest BCUT2D eigenvalue weighted by atomic mass is 9.92. The Morgan fingerprint density at radius 1 is 1.00 bits per heavy atom. The molecule has 2 atom stereocenters. The number of likely N-dealkylation sites (N-methyl/N-ethyl adjacent to an activating group) is 1.